The van der Waals surface area contributed by atoms with E-state index in [2.05, 4.69) is 25.6 Å². The average Bonchev–Trinajstić information content (AvgIpc) is 2.84. The van der Waals surface area contributed by atoms with E-state index in [-0.39, 0.29) is 17.5 Å². The molecule has 0 fully saturated rings. The molecule has 0 saturated carbocycles. The highest BCUT2D eigenvalue weighted by Crippen LogP contribution is 2.32. The first-order chi connectivity index (χ1) is 16.5. The topological polar surface area (TPSA) is 127 Å². The van der Waals surface area contributed by atoms with Gasteiger partial charge in [-0.3, -0.25) is 19.9 Å². The number of ether oxygens (including phenoxy) is 3. The highest BCUT2D eigenvalue weighted by Gasteiger charge is 2.14. The first-order valence-electron chi connectivity index (χ1n) is 10.8. The number of hydrogen-bond acceptors (Lipinski definition) is 6. The quantitative estimate of drug-likeness (QED) is 0.376. The minimum absolute atomic E-state index is 0.0781. The molecule has 0 atom stereocenters. The SMILES string of the molecule is CCCc1cc(=O)[nH]c(N/C(=N\C(=O)c2ccc(OC)cc2)Nc2ccc3c(c2)OCCO3)n1. The number of H-pyrrole nitrogens is 1. The minimum Gasteiger partial charge on any atom is -0.497 e. The zero-order valence-corrected chi connectivity index (χ0v) is 18.9. The number of carbonyl (C=O) groups is 1. The van der Waals surface area contributed by atoms with Gasteiger partial charge >= 0.3 is 0 Å². The van der Waals surface area contributed by atoms with Crippen molar-refractivity contribution in [2.45, 2.75) is 19.8 Å². The van der Waals surface area contributed by atoms with Gasteiger partial charge < -0.3 is 19.5 Å². The summed E-state index contributed by atoms with van der Waals surface area (Å²) in [5, 5.41) is 5.99. The maximum atomic E-state index is 12.9. The van der Waals surface area contributed by atoms with E-state index in [0.29, 0.717) is 53.8 Å². The molecule has 3 N–H and O–H groups in total. The van der Waals surface area contributed by atoms with Gasteiger partial charge in [-0.05, 0) is 42.8 Å². The molecule has 4 rings (SSSR count). The number of rotatable bonds is 6. The fourth-order valence-corrected chi connectivity index (χ4v) is 3.31. The van der Waals surface area contributed by atoms with E-state index in [0.717, 1.165) is 6.42 Å². The molecule has 0 radical (unpaired) electrons. The Morgan fingerprint density at radius 3 is 2.59 bits per heavy atom. The zero-order valence-electron chi connectivity index (χ0n) is 18.9. The molecule has 1 amide bonds. The number of aliphatic imine (C=N–C) groups is 1. The van der Waals surface area contributed by atoms with Gasteiger partial charge in [0.2, 0.25) is 11.9 Å². The van der Waals surface area contributed by atoms with E-state index in [1.54, 1.807) is 49.6 Å². The van der Waals surface area contributed by atoms with Gasteiger partial charge in [0.15, 0.2) is 11.5 Å². The Morgan fingerprint density at radius 1 is 1.09 bits per heavy atom. The number of hydrogen-bond donors (Lipinski definition) is 3. The van der Waals surface area contributed by atoms with Crippen molar-refractivity contribution in [3.63, 3.8) is 0 Å². The second-order valence-corrected chi connectivity index (χ2v) is 7.44. The van der Waals surface area contributed by atoms with E-state index in [1.807, 2.05) is 6.92 Å². The van der Waals surface area contributed by atoms with Crippen molar-refractivity contribution < 1.29 is 19.0 Å². The van der Waals surface area contributed by atoms with Crippen LogP contribution in [0.1, 0.15) is 29.4 Å². The minimum atomic E-state index is -0.498. The largest absolute Gasteiger partial charge is 0.497 e. The summed E-state index contributed by atoms with van der Waals surface area (Å²) >= 11 is 0. The van der Waals surface area contributed by atoms with Crippen LogP contribution in [0.2, 0.25) is 0 Å². The molecule has 3 aromatic rings. The Kier molecular flexibility index (Phi) is 7.07. The lowest BCUT2D eigenvalue weighted by Gasteiger charge is -2.19. The summed E-state index contributed by atoms with van der Waals surface area (Å²) in [7, 11) is 1.55. The summed E-state index contributed by atoms with van der Waals surface area (Å²) < 4.78 is 16.3. The number of amides is 1. The first kappa shape index (κ1) is 22.8. The van der Waals surface area contributed by atoms with Crippen molar-refractivity contribution >= 4 is 23.5 Å². The molecule has 1 aromatic heterocycles. The van der Waals surface area contributed by atoms with Crippen LogP contribution < -0.4 is 30.4 Å². The van der Waals surface area contributed by atoms with Crippen molar-refractivity contribution in [2.75, 3.05) is 31.0 Å². The lowest BCUT2D eigenvalue weighted by Crippen LogP contribution is -2.27. The predicted octanol–water partition coefficient (Wildman–Crippen LogP) is 3.22. The Bertz CT molecular complexity index is 1250. The second kappa shape index (κ2) is 10.5. The normalized spacial score (nSPS) is 12.7. The van der Waals surface area contributed by atoms with Gasteiger partial charge in [-0.25, -0.2) is 4.98 Å². The number of nitrogens with one attached hydrogen (secondary N) is 3. The number of guanidine groups is 1. The maximum Gasteiger partial charge on any atom is 0.280 e. The number of nitrogens with zero attached hydrogens (tertiary/aromatic N) is 2. The van der Waals surface area contributed by atoms with E-state index in [4.69, 9.17) is 14.2 Å². The van der Waals surface area contributed by atoms with Gasteiger partial charge in [0.05, 0.1) is 7.11 Å². The van der Waals surface area contributed by atoms with Gasteiger partial charge in [0.1, 0.15) is 19.0 Å². The fourth-order valence-electron chi connectivity index (χ4n) is 3.31. The third-order valence-corrected chi connectivity index (χ3v) is 4.89. The molecule has 2 heterocycles. The van der Waals surface area contributed by atoms with Crippen LogP contribution in [0.5, 0.6) is 17.2 Å². The third kappa shape index (κ3) is 5.71. The van der Waals surface area contributed by atoms with Crippen LogP contribution in [0.4, 0.5) is 11.6 Å². The van der Waals surface area contributed by atoms with Crippen LogP contribution in [-0.4, -0.2) is 42.2 Å². The number of fused-ring (bicyclic) bond motifs is 1. The number of benzene rings is 2. The summed E-state index contributed by atoms with van der Waals surface area (Å²) in [6.07, 6.45) is 1.48. The fraction of sp³-hybridized carbons (Fsp3) is 0.250. The van der Waals surface area contributed by atoms with Crippen molar-refractivity contribution in [2.24, 2.45) is 4.99 Å². The Balaban J connectivity index is 1.64. The highest BCUT2D eigenvalue weighted by atomic mass is 16.6. The summed E-state index contributed by atoms with van der Waals surface area (Å²) in [4.78, 5) is 36.2. The van der Waals surface area contributed by atoms with E-state index in [9.17, 15) is 9.59 Å². The highest BCUT2D eigenvalue weighted by molar-refractivity contribution is 6.11. The molecule has 1 aliphatic heterocycles. The number of methoxy groups -OCH3 is 1. The maximum absolute atomic E-state index is 12.9. The number of aryl methyl sites for hydroxylation is 1. The van der Waals surface area contributed by atoms with E-state index in [1.165, 1.54) is 6.07 Å². The molecule has 10 heteroatoms. The molecule has 1 aliphatic rings. The van der Waals surface area contributed by atoms with Crippen molar-refractivity contribution in [1.29, 1.82) is 0 Å². The van der Waals surface area contributed by atoms with Crippen molar-refractivity contribution in [3.05, 3.63) is 70.1 Å². The lowest BCUT2D eigenvalue weighted by atomic mass is 10.2. The molecule has 0 aliphatic carbocycles. The van der Waals surface area contributed by atoms with Gasteiger partial charge in [-0.15, -0.1) is 0 Å². The molecule has 0 bridgehead atoms. The molecule has 176 valence electrons. The van der Waals surface area contributed by atoms with Crippen LogP contribution in [0.25, 0.3) is 0 Å². The predicted molar refractivity (Wildman–Crippen MR) is 128 cm³/mol. The van der Waals surface area contributed by atoms with Crippen LogP contribution in [0, 0.1) is 0 Å². The molecule has 10 nitrogen and oxygen atoms in total. The van der Waals surface area contributed by atoms with Crippen LogP contribution in [-0.2, 0) is 6.42 Å². The first-order valence-corrected chi connectivity index (χ1v) is 10.8. The van der Waals surface area contributed by atoms with Gasteiger partial charge in [0, 0.05) is 29.1 Å². The zero-order chi connectivity index (χ0) is 23.9. The monoisotopic (exact) mass is 463 g/mol. The average molecular weight is 463 g/mol. The molecule has 0 unspecified atom stereocenters. The van der Waals surface area contributed by atoms with E-state index >= 15 is 0 Å². The summed E-state index contributed by atoms with van der Waals surface area (Å²) in [5.41, 5.74) is 1.30. The number of aromatic nitrogens is 2. The Labute approximate surface area is 196 Å². The lowest BCUT2D eigenvalue weighted by molar-refractivity contribution is 0.100. The second-order valence-electron chi connectivity index (χ2n) is 7.44. The molecule has 0 spiro atoms. The van der Waals surface area contributed by atoms with Crippen molar-refractivity contribution in [1.82, 2.24) is 9.97 Å². The van der Waals surface area contributed by atoms with Gasteiger partial charge in [-0.2, -0.15) is 4.99 Å². The summed E-state index contributed by atoms with van der Waals surface area (Å²) in [5.74, 6) is 1.59. The smallest absolute Gasteiger partial charge is 0.280 e. The summed E-state index contributed by atoms with van der Waals surface area (Å²) in [6, 6.07) is 13.3. The van der Waals surface area contributed by atoms with Gasteiger partial charge in [-0.1, -0.05) is 13.3 Å². The molecule has 34 heavy (non-hydrogen) atoms. The summed E-state index contributed by atoms with van der Waals surface area (Å²) in [6.45, 7) is 2.93. The van der Waals surface area contributed by atoms with E-state index < -0.39 is 5.91 Å². The number of aromatic amines is 1. The van der Waals surface area contributed by atoms with Crippen molar-refractivity contribution in [3.8, 4) is 17.2 Å². The molecular weight excluding hydrogens is 438 g/mol. The number of carbonyl (C=O) groups excluding carboxylic acids is 1. The van der Waals surface area contributed by atoms with Gasteiger partial charge in [0.25, 0.3) is 11.5 Å². The van der Waals surface area contributed by atoms with Crippen LogP contribution >= 0.6 is 0 Å². The molecule has 0 saturated heterocycles. The van der Waals surface area contributed by atoms with Crippen LogP contribution in [0.3, 0.4) is 0 Å². The molecule has 2 aromatic carbocycles. The molecular formula is C24H25N5O5. The Morgan fingerprint density at radius 2 is 1.85 bits per heavy atom. The third-order valence-electron chi connectivity index (χ3n) is 4.89. The number of anilines is 2. The standard InChI is InChI=1S/C24H25N5O5/c1-3-4-16-14-21(30)27-23(25-16)29-24(28-22(31)15-5-8-18(32-2)9-6-15)26-17-7-10-19-20(13-17)34-12-11-33-19/h5-10,13-14H,3-4,11-12H2,1-2H3,(H3,25,26,27,28,29,30,31). The van der Waals surface area contributed by atoms with Crippen LogP contribution in [0.15, 0.2) is 58.3 Å². The Hall–Kier alpha value is -4.34.